The first-order valence-electron chi connectivity index (χ1n) is 7.88. The van der Waals surface area contributed by atoms with Gasteiger partial charge in [-0.25, -0.2) is 19.3 Å². The summed E-state index contributed by atoms with van der Waals surface area (Å²) >= 11 is 11.6. The van der Waals surface area contributed by atoms with E-state index in [-0.39, 0.29) is 27.7 Å². The minimum Gasteiger partial charge on any atom is -0.434 e. The predicted molar refractivity (Wildman–Crippen MR) is 96.5 cm³/mol. The molecule has 0 bridgehead atoms. The van der Waals surface area contributed by atoms with Crippen LogP contribution in [0.3, 0.4) is 0 Å². The number of hydrogen-bond acceptors (Lipinski definition) is 7. The molecule has 1 atom stereocenters. The van der Waals surface area contributed by atoms with E-state index in [1.54, 1.807) is 6.20 Å². The number of anilines is 1. The normalized spacial score (nSPS) is 16.8. The average molecular weight is 395 g/mol. The van der Waals surface area contributed by atoms with E-state index in [0.717, 1.165) is 19.5 Å². The van der Waals surface area contributed by atoms with Gasteiger partial charge in [-0.1, -0.05) is 23.2 Å². The SMILES string of the molecule is Fc1c(Oc2ncnc3cnc(NC4CCNC4)nc23)ccc(Cl)c1Cl. The lowest BCUT2D eigenvalue weighted by Crippen LogP contribution is -2.23. The molecule has 0 amide bonds. The molecule has 1 aromatic carbocycles. The molecule has 1 saturated heterocycles. The lowest BCUT2D eigenvalue weighted by Gasteiger charge is -2.12. The highest BCUT2D eigenvalue weighted by Crippen LogP contribution is 2.34. The Morgan fingerprint density at radius 3 is 2.92 bits per heavy atom. The molecule has 7 nitrogen and oxygen atoms in total. The molecule has 3 heterocycles. The Morgan fingerprint density at radius 2 is 2.12 bits per heavy atom. The molecule has 10 heteroatoms. The molecule has 2 aromatic heterocycles. The largest absolute Gasteiger partial charge is 0.434 e. The van der Waals surface area contributed by atoms with Crippen LogP contribution < -0.4 is 15.4 Å². The van der Waals surface area contributed by atoms with Crippen LogP contribution in [0.25, 0.3) is 11.0 Å². The highest BCUT2D eigenvalue weighted by molar-refractivity contribution is 6.42. The van der Waals surface area contributed by atoms with Crippen LogP contribution in [-0.4, -0.2) is 39.1 Å². The van der Waals surface area contributed by atoms with E-state index in [1.807, 2.05) is 0 Å². The van der Waals surface area contributed by atoms with Crippen molar-refractivity contribution in [2.45, 2.75) is 12.5 Å². The van der Waals surface area contributed by atoms with Gasteiger partial charge in [0.2, 0.25) is 11.8 Å². The molecule has 0 radical (unpaired) electrons. The van der Waals surface area contributed by atoms with Crippen molar-refractivity contribution in [2.75, 3.05) is 18.4 Å². The molecule has 4 rings (SSSR count). The van der Waals surface area contributed by atoms with Gasteiger partial charge in [-0.05, 0) is 25.1 Å². The lowest BCUT2D eigenvalue weighted by atomic mass is 10.3. The maximum atomic E-state index is 14.3. The molecule has 1 fully saturated rings. The fraction of sp³-hybridized carbons (Fsp3) is 0.250. The summed E-state index contributed by atoms with van der Waals surface area (Å²) in [5.74, 6) is -0.342. The van der Waals surface area contributed by atoms with Gasteiger partial charge in [0.05, 0.1) is 16.2 Å². The first-order valence-corrected chi connectivity index (χ1v) is 8.64. The van der Waals surface area contributed by atoms with E-state index < -0.39 is 5.82 Å². The van der Waals surface area contributed by atoms with Gasteiger partial charge in [0.15, 0.2) is 17.1 Å². The van der Waals surface area contributed by atoms with E-state index >= 15 is 0 Å². The first kappa shape index (κ1) is 17.1. The zero-order chi connectivity index (χ0) is 18.1. The van der Waals surface area contributed by atoms with Gasteiger partial charge in [0, 0.05) is 12.6 Å². The van der Waals surface area contributed by atoms with Gasteiger partial charge in [-0.3, -0.25) is 0 Å². The Kier molecular flexibility index (Phi) is 4.71. The molecule has 2 N–H and O–H groups in total. The summed E-state index contributed by atoms with van der Waals surface area (Å²) in [6, 6.07) is 3.07. The topological polar surface area (TPSA) is 84.9 Å². The van der Waals surface area contributed by atoms with Crippen molar-refractivity contribution < 1.29 is 9.13 Å². The van der Waals surface area contributed by atoms with Gasteiger partial charge in [0.1, 0.15) is 11.8 Å². The third-order valence-electron chi connectivity index (χ3n) is 3.94. The molecular formula is C16H13Cl2FN6O. The third-order valence-corrected chi connectivity index (χ3v) is 4.72. The Labute approximate surface area is 157 Å². The fourth-order valence-corrected chi connectivity index (χ4v) is 2.93. The number of fused-ring (bicyclic) bond motifs is 1. The molecule has 26 heavy (non-hydrogen) atoms. The van der Waals surface area contributed by atoms with Gasteiger partial charge in [-0.15, -0.1) is 0 Å². The summed E-state index contributed by atoms with van der Waals surface area (Å²) in [6.45, 7) is 1.78. The van der Waals surface area contributed by atoms with Crippen LogP contribution in [0, 0.1) is 5.82 Å². The van der Waals surface area contributed by atoms with Crippen LogP contribution in [0.2, 0.25) is 10.0 Å². The number of rotatable bonds is 4. The van der Waals surface area contributed by atoms with Gasteiger partial charge < -0.3 is 15.4 Å². The smallest absolute Gasteiger partial charge is 0.249 e. The Hall–Kier alpha value is -2.29. The average Bonchev–Trinajstić information content (AvgIpc) is 3.15. The zero-order valence-electron chi connectivity index (χ0n) is 13.3. The quantitative estimate of drug-likeness (QED) is 0.655. The number of nitrogens with zero attached hydrogens (tertiary/aromatic N) is 4. The van der Waals surface area contributed by atoms with Crippen molar-refractivity contribution in [1.29, 1.82) is 0 Å². The van der Waals surface area contributed by atoms with Crippen molar-refractivity contribution in [2.24, 2.45) is 0 Å². The van der Waals surface area contributed by atoms with Crippen molar-refractivity contribution in [3.8, 4) is 11.6 Å². The van der Waals surface area contributed by atoms with E-state index in [0.29, 0.717) is 17.0 Å². The Morgan fingerprint density at radius 1 is 1.23 bits per heavy atom. The number of halogens is 3. The van der Waals surface area contributed by atoms with Crippen LogP contribution in [-0.2, 0) is 0 Å². The fourth-order valence-electron chi connectivity index (χ4n) is 2.63. The Balaban J connectivity index is 1.69. The van der Waals surface area contributed by atoms with Crippen LogP contribution in [0.15, 0.2) is 24.7 Å². The summed E-state index contributed by atoms with van der Waals surface area (Å²) in [6.07, 6.45) is 3.84. The highest BCUT2D eigenvalue weighted by Gasteiger charge is 2.18. The second-order valence-corrected chi connectivity index (χ2v) is 6.50. The van der Waals surface area contributed by atoms with Crippen molar-refractivity contribution in [3.63, 3.8) is 0 Å². The number of aromatic nitrogens is 4. The monoisotopic (exact) mass is 394 g/mol. The van der Waals surface area contributed by atoms with E-state index in [2.05, 4.69) is 30.6 Å². The molecule has 0 aliphatic carbocycles. The highest BCUT2D eigenvalue weighted by atomic mass is 35.5. The summed E-state index contributed by atoms with van der Waals surface area (Å²) in [5.41, 5.74) is 0.840. The summed E-state index contributed by atoms with van der Waals surface area (Å²) in [7, 11) is 0. The van der Waals surface area contributed by atoms with Gasteiger partial charge in [-0.2, -0.15) is 4.98 Å². The van der Waals surface area contributed by atoms with Gasteiger partial charge >= 0.3 is 0 Å². The van der Waals surface area contributed by atoms with Gasteiger partial charge in [0.25, 0.3) is 0 Å². The van der Waals surface area contributed by atoms with Crippen LogP contribution in [0.4, 0.5) is 10.3 Å². The molecule has 1 aliphatic rings. The summed E-state index contributed by atoms with van der Waals surface area (Å²) < 4.78 is 19.8. The first-order chi connectivity index (χ1) is 12.6. The molecule has 3 aromatic rings. The molecule has 134 valence electrons. The number of nitrogens with one attached hydrogen (secondary N) is 2. The van der Waals surface area contributed by atoms with Crippen LogP contribution in [0.1, 0.15) is 6.42 Å². The summed E-state index contributed by atoms with van der Waals surface area (Å²) in [4.78, 5) is 16.9. The second-order valence-electron chi connectivity index (χ2n) is 5.72. The van der Waals surface area contributed by atoms with Crippen molar-refractivity contribution >= 4 is 40.2 Å². The Bertz CT molecular complexity index is 967. The standard InChI is InChI=1S/C16H13Cl2FN6O/c17-9-1-2-11(13(19)12(9)18)26-15-14-10(22-7-23-15)6-21-16(25-14)24-8-3-4-20-5-8/h1-2,6-8,20H,3-5H2,(H,21,24,25). The molecule has 0 spiro atoms. The molecule has 1 aliphatic heterocycles. The van der Waals surface area contributed by atoms with Crippen molar-refractivity contribution in [3.05, 3.63) is 40.5 Å². The zero-order valence-corrected chi connectivity index (χ0v) is 14.9. The van der Waals surface area contributed by atoms with Crippen LogP contribution in [0.5, 0.6) is 11.6 Å². The number of ether oxygens (including phenoxy) is 1. The molecular weight excluding hydrogens is 382 g/mol. The van der Waals surface area contributed by atoms with Crippen LogP contribution >= 0.6 is 23.2 Å². The number of hydrogen-bond donors (Lipinski definition) is 2. The van der Waals surface area contributed by atoms with E-state index in [9.17, 15) is 4.39 Å². The van der Waals surface area contributed by atoms with Crippen molar-refractivity contribution in [1.82, 2.24) is 25.3 Å². The second kappa shape index (κ2) is 7.14. The maximum absolute atomic E-state index is 14.3. The predicted octanol–water partition coefficient (Wildman–Crippen LogP) is 3.43. The molecule has 1 unspecified atom stereocenters. The maximum Gasteiger partial charge on any atom is 0.249 e. The van der Waals surface area contributed by atoms with E-state index in [1.165, 1.54) is 18.5 Å². The minimum atomic E-state index is -0.768. The number of benzene rings is 1. The lowest BCUT2D eigenvalue weighted by molar-refractivity contribution is 0.431. The summed E-state index contributed by atoms with van der Waals surface area (Å²) in [5, 5.41) is 6.39. The van der Waals surface area contributed by atoms with E-state index in [4.69, 9.17) is 27.9 Å². The molecule has 0 saturated carbocycles. The minimum absolute atomic E-state index is 0.0993. The third kappa shape index (κ3) is 3.35.